The van der Waals surface area contributed by atoms with Crippen molar-refractivity contribution in [2.75, 3.05) is 7.05 Å². The number of halogens is 1. The number of allylic oxidation sites excluding steroid dienone is 3. The first-order chi connectivity index (χ1) is 5.15. The Balaban J connectivity index is 2.90. The van der Waals surface area contributed by atoms with E-state index in [1.165, 1.54) is 6.08 Å². The van der Waals surface area contributed by atoms with Gasteiger partial charge in [-0.15, -0.1) is 0 Å². The normalized spacial score (nSPS) is 18.1. The molecule has 1 heterocycles. The molecule has 0 saturated carbocycles. The molecule has 0 aromatic heterocycles. The molecular weight excluding hydrogens is 143 g/mol. The van der Waals surface area contributed by atoms with Crippen LogP contribution in [0.15, 0.2) is 36.0 Å². The highest BCUT2D eigenvalue weighted by Gasteiger charge is 2.12. The molecule has 0 spiro atoms. The van der Waals surface area contributed by atoms with Crippen LogP contribution in [0.2, 0.25) is 0 Å². The van der Waals surface area contributed by atoms with Crippen molar-refractivity contribution in [2.24, 2.45) is 0 Å². The Kier molecular flexibility index (Phi) is 2.10. The maximum atomic E-state index is 12.9. The smallest absolute Gasteiger partial charge is 0.148 e. The first kappa shape index (κ1) is 8.01. The van der Waals surface area contributed by atoms with Crippen molar-refractivity contribution in [1.29, 1.82) is 0 Å². The van der Waals surface area contributed by atoms with E-state index in [1.54, 1.807) is 18.3 Å². The van der Waals surface area contributed by atoms with Gasteiger partial charge >= 0.3 is 0 Å². The molecule has 0 radical (unpaired) electrons. The fraction of sp³-hybridized carbons (Fsp3) is 0.250. The van der Waals surface area contributed by atoms with Crippen molar-refractivity contribution in [2.45, 2.75) is 6.92 Å². The molecule has 1 N–H and O–H groups in total. The predicted molar refractivity (Wildman–Crippen MR) is 43.0 cm³/mol. The summed E-state index contributed by atoms with van der Waals surface area (Å²) in [6.45, 7) is 5.39. The average molecular weight is 154 g/mol. The van der Waals surface area contributed by atoms with Gasteiger partial charge in [-0.25, -0.2) is 9.82 Å². The van der Waals surface area contributed by atoms with E-state index in [9.17, 15) is 4.39 Å². The van der Waals surface area contributed by atoms with Gasteiger partial charge < -0.3 is 0 Å². The van der Waals surface area contributed by atoms with Crippen LogP contribution in [0.5, 0.6) is 0 Å². The topological polar surface area (TPSA) is 15.3 Å². The summed E-state index contributed by atoms with van der Waals surface area (Å²) in [6, 6.07) is 0. The van der Waals surface area contributed by atoms with Crippen LogP contribution in [-0.4, -0.2) is 12.1 Å². The third-order valence-corrected chi connectivity index (χ3v) is 1.49. The lowest BCUT2D eigenvalue weighted by molar-refractivity contribution is 0.357. The minimum Gasteiger partial charge on any atom is -0.282 e. The van der Waals surface area contributed by atoms with Crippen molar-refractivity contribution in [3.05, 3.63) is 36.0 Å². The quantitative estimate of drug-likeness (QED) is 0.618. The van der Waals surface area contributed by atoms with E-state index in [1.807, 2.05) is 6.92 Å². The lowest BCUT2D eigenvalue weighted by Crippen LogP contribution is -2.30. The van der Waals surface area contributed by atoms with E-state index in [4.69, 9.17) is 0 Å². The zero-order chi connectivity index (χ0) is 8.43. The summed E-state index contributed by atoms with van der Waals surface area (Å²) in [5, 5.41) is 1.55. The maximum Gasteiger partial charge on any atom is 0.148 e. The number of hydrazine groups is 1. The van der Waals surface area contributed by atoms with Crippen molar-refractivity contribution in [1.82, 2.24) is 10.4 Å². The molecule has 2 nitrogen and oxygen atoms in total. The summed E-state index contributed by atoms with van der Waals surface area (Å²) in [5.41, 5.74) is 4.00. The van der Waals surface area contributed by atoms with Gasteiger partial charge in [0.25, 0.3) is 0 Å². The van der Waals surface area contributed by atoms with Crippen LogP contribution < -0.4 is 5.43 Å². The molecule has 0 fully saturated rings. The Morgan fingerprint density at radius 1 is 1.64 bits per heavy atom. The van der Waals surface area contributed by atoms with Crippen LogP contribution >= 0.6 is 0 Å². The van der Waals surface area contributed by atoms with E-state index in [0.29, 0.717) is 5.70 Å². The molecule has 0 saturated heterocycles. The second-order valence-electron chi connectivity index (χ2n) is 2.41. The molecule has 1 rings (SSSR count). The fourth-order valence-corrected chi connectivity index (χ4v) is 0.917. The molecule has 60 valence electrons. The standard InChI is InChI=1S/C8H11FN2/c1-6-4-8(9)7(2)11(5-6)10-3/h4-5,10H,2H2,1,3H3. The molecule has 1 aliphatic heterocycles. The molecule has 0 atom stereocenters. The fourth-order valence-electron chi connectivity index (χ4n) is 0.917. The average Bonchev–Trinajstić information content (AvgIpc) is 1.96. The summed E-state index contributed by atoms with van der Waals surface area (Å²) >= 11 is 0. The Morgan fingerprint density at radius 3 is 2.82 bits per heavy atom. The first-order valence-electron chi connectivity index (χ1n) is 3.36. The van der Waals surface area contributed by atoms with Gasteiger partial charge in [-0.2, -0.15) is 0 Å². The molecular formula is C8H11FN2. The van der Waals surface area contributed by atoms with Crippen LogP contribution in [0.25, 0.3) is 0 Å². The second kappa shape index (κ2) is 2.88. The van der Waals surface area contributed by atoms with Gasteiger partial charge in [0.2, 0.25) is 0 Å². The number of hydrogen-bond donors (Lipinski definition) is 1. The monoisotopic (exact) mass is 154 g/mol. The van der Waals surface area contributed by atoms with Crippen LogP contribution in [0.3, 0.4) is 0 Å². The van der Waals surface area contributed by atoms with E-state index >= 15 is 0 Å². The van der Waals surface area contributed by atoms with Crippen molar-refractivity contribution in [3.8, 4) is 0 Å². The first-order valence-corrected chi connectivity index (χ1v) is 3.36. The molecule has 11 heavy (non-hydrogen) atoms. The van der Waals surface area contributed by atoms with Crippen LogP contribution in [0.1, 0.15) is 6.92 Å². The van der Waals surface area contributed by atoms with E-state index in [0.717, 1.165) is 5.57 Å². The minimum atomic E-state index is -0.292. The SMILES string of the molecule is C=C1C(F)=CC(C)=CN1NC. The summed E-state index contributed by atoms with van der Waals surface area (Å²) in [5.74, 6) is -0.292. The van der Waals surface area contributed by atoms with Gasteiger partial charge in [-0.1, -0.05) is 6.58 Å². The molecule has 0 aliphatic carbocycles. The number of nitrogens with one attached hydrogen (secondary N) is 1. The summed E-state index contributed by atoms with van der Waals surface area (Å²) in [6.07, 6.45) is 3.24. The van der Waals surface area contributed by atoms with Gasteiger partial charge in [0.15, 0.2) is 0 Å². The highest BCUT2D eigenvalue weighted by atomic mass is 19.1. The van der Waals surface area contributed by atoms with Crippen molar-refractivity contribution >= 4 is 0 Å². The van der Waals surface area contributed by atoms with E-state index in [-0.39, 0.29) is 5.83 Å². The predicted octanol–water partition coefficient (Wildman–Crippen LogP) is 1.71. The molecule has 0 aromatic carbocycles. The van der Waals surface area contributed by atoms with Gasteiger partial charge in [0, 0.05) is 13.2 Å². The lowest BCUT2D eigenvalue weighted by Gasteiger charge is -2.23. The minimum absolute atomic E-state index is 0.292. The lowest BCUT2D eigenvalue weighted by atomic mass is 10.2. The molecule has 0 aromatic rings. The number of hydrogen-bond acceptors (Lipinski definition) is 2. The van der Waals surface area contributed by atoms with Crippen molar-refractivity contribution < 1.29 is 4.39 Å². The summed E-state index contributed by atoms with van der Waals surface area (Å²) < 4.78 is 12.9. The maximum absolute atomic E-state index is 12.9. The summed E-state index contributed by atoms with van der Waals surface area (Å²) in [4.78, 5) is 0. The molecule has 3 heteroatoms. The van der Waals surface area contributed by atoms with Gasteiger partial charge in [0.05, 0.1) is 5.70 Å². The molecule has 0 amide bonds. The Bertz CT molecular complexity index is 240. The Hall–Kier alpha value is -1.09. The van der Waals surface area contributed by atoms with Gasteiger partial charge in [0.1, 0.15) is 5.83 Å². The third kappa shape index (κ3) is 1.49. The highest BCUT2D eigenvalue weighted by Crippen LogP contribution is 2.20. The second-order valence-corrected chi connectivity index (χ2v) is 2.41. The summed E-state index contributed by atoms with van der Waals surface area (Å²) in [7, 11) is 1.72. The Morgan fingerprint density at radius 2 is 2.27 bits per heavy atom. The van der Waals surface area contributed by atoms with E-state index in [2.05, 4.69) is 12.0 Å². The van der Waals surface area contributed by atoms with Gasteiger partial charge in [-0.05, 0) is 18.6 Å². The zero-order valence-electron chi connectivity index (χ0n) is 6.69. The largest absolute Gasteiger partial charge is 0.282 e. The number of nitrogens with zero attached hydrogens (tertiary/aromatic N) is 1. The zero-order valence-corrected chi connectivity index (χ0v) is 6.69. The highest BCUT2D eigenvalue weighted by molar-refractivity contribution is 5.34. The molecule has 1 aliphatic rings. The van der Waals surface area contributed by atoms with Gasteiger partial charge in [-0.3, -0.25) is 5.01 Å². The van der Waals surface area contributed by atoms with Crippen LogP contribution in [0, 0.1) is 0 Å². The van der Waals surface area contributed by atoms with E-state index < -0.39 is 0 Å². The Labute approximate surface area is 65.7 Å². The molecule has 0 unspecified atom stereocenters. The van der Waals surface area contributed by atoms with Crippen molar-refractivity contribution in [3.63, 3.8) is 0 Å². The third-order valence-electron chi connectivity index (χ3n) is 1.49. The number of rotatable bonds is 1. The molecule has 0 bridgehead atoms. The van der Waals surface area contributed by atoms with Crippen LogP contribution in [-0.2, 0) is 0 Å². The van der Waals surface area contributed by atoms with Crippen LogP contribution in [0.4, 0.5) is 4.39 Å².